The third-order valence-corrected chi connectivity index (χ3v) is 3.25. The number of ether oxygens (including phenoxy) is 4. The Kier molecular flexibility index (Phi) is 5.83. The van der Waals surface area contributed by atoms with Gasteiger partial charge in [-0.2, -0.15) is 0 Å². The van der Waals surface area contributed by atoms with Crippen LogP contribution >= 0.6 is 0 Å². The number of amides is 1. The maximum Gasteiger partial charge on any atom is 0.350 e. The highest BCUT2D eigenvalue weighted by Gasteiger charge is 2.38. The number of carbonyl (C=O) groups excluding carboxylic acids is 3. The fraction of sp³-hybridized carbons (Fsp3) is 0.353. The van der Waals surface area contributed by atoms with Gasteiger partial charge < -0.3 is 29.6 Å². The van der Waals surface area contributed by atoms with Crippen LogP contribution in [0, 0.1) is 0 Å². The quantitative estimate of drug-likeness (QED) is 0.443. The molecule has 1 aliphatic rings. The number of benzene rings is 1. The van der Waals surface area contributed by atoms with Gasteiger partial charge in [-0.1, -0.05) is 0 Å². The predicted octanol–water partition coefficient (Wildman–Crippen LogP) is 1.41. The van der Waals surface area contributed by atoms with E-state index in [1.807, 2.05) is 0 Å². The molecule has 26 heavy (non-hydrogen) atoms. The Morgan fingerprint density at radius 3 is 2.42 bits per heavy atom. The number of hydrogen-bond acceptors (Lipinski definition) is 8. The monoisotopic (exact) mass is 364 g/mol. The van der Waals surface area contributed by atoms with Crippen molar-refractivity contribution in [1.82, 2.24) is 0 Å². The summed E-state index contributed by atoms with van der Waals surface area (Å²) in [5.41, 5.74) is 0.620. The molecule has 0 radical (unpaired) electrons. The summed E-state index contributed by atoms with van der Waals surface area (Å²) in [6.45, 7) is 2.81. The van der Waals surface area contributed by atoms with E-state index in [1.165, 1.54) is 34.3 Å². The van der Waals surface area contributed by atoms with Crippen LogP contribution in [0.2, 0.25) is 0 Å². The van der Waals surface area contributed by atoms with E-state index in [1.54, 1.807) is 18.2 Å². The highest BCUT2D eigenvalue weighted by molar-refractivity contribution is 6.15. The number of methoxy groups -OCH3 is 2. The predicted molar refractivity (Wildman–Crippen MR) is 91.5 cm³/mol. The number of esters is 2. The summed E-state index contributed by atoms with van der Waals surface area (Å²) in [6.07, 6.45) is 1.18. The largest absolute Gasteiger partial charge is 0.495 e. The number of cyclic esters (lactones) is 2. The van der Waals surface area contributed by atoms with Gasteiger partial charge in [0.15, 0.2) is 5.57 Å². The van der Waals surface area contributed by atoms with Crippen LogP contribution < -0.4 is 15.4 Å². The van der Waals surface area contributed by atoms with E-state index >= 15 is 0 Å². The number of rotatable bonds is 6. The molecule has 0 aliphatic carbocycles. The molecule has 0 aromatic heterocycles. The van der Waals surface area contributed by atoms with E-state index in [9.17, 15) is 14.4 Å². The lowest BCUT2D eigenvalue weighted by Crippen LogP contribution is -2.42. The highest BCUT2D eigenvalue weighted by Crippen LogP contribution is 2.28. The van der Waals surface area contributed by atoms with E-state index in [2.05, 4.69) is 10.6 Å². The molecule has 1 aromatic rings. The number of nitrogens with one attached hydrogen (secondary N) is 2. The van der Waals surface area contributed by atoms with Gasteiger partial charge in [-0.15, -0.1) is 0 Å². The Morgan fingerprint density at radius 2 is 1.85 bits per heavy atom. The van der Waals surface area contributed by atoms with Gasteiger partial charge in [-0.05, 0) is 18.2 Å². The molecule has 0 atom stereocenters. The third-order valence-electron chi connectivity index (χ3n) is 3.25. The van der Waals surface area contributed by atoms with Gasteiger partial charge in [0.2, 0.25) is 5.91 Å². The SMILES string of the molecule is COCC(=O)Nc1cc(NC=C2C(=O)OC(C)(C)OC2=O)ccc1OC. The Labute approximate surface area is 150 Å². The molecule has 1 saturated heterocycles. The van der Waals surface area contributed by atoms with Crippen molar-refractivity contribution in [3.8, 4) is 5.75 Å². The molecule has 1 amide bonds. The highest BCUT2D eigenvalue weighted by atomic mass is 16.7. The van der Waals surface area contributed by atoms with Gasteiger partial charge in [-0.3, -0.25) is 4.79 Å². The lowest BCUT2D eigenvalue weighted by Gasteiger charge is -2.29. The van der Waals surface area contributed by atoms with Gasteiger partial charge in [0.25, 0.3) is 5.79 Å². The van der Waals surface area contributed by atoms with Gasteiger partial charge in [-0.25, -0.2) is 9.59 Å². The molecule has 9 nitrogen and oxygen atoms in total. The smallest absolute Gasteiger partial charge is 0.350 e. The van der Waals surface area contributed by atoms with Crippen LogP contribution in [0.25, 0.3) is 0 Å². The number of carbonyl (C=O) groups is 3. The lowest BCUT2D eigenvalue weighted by atomic mass is 10.2. The molecule has 0 unspecified atom stereocenters. The van der Waals surface area contributed by atoms with Crippen molar-refractivity contribution < 1.29 is 33.3 Å². The van der Waals surface area contributed by atoms with Crippen molar-refractivity contribution in [3.05, 3.63) is 30.0 Å². The molecule has 140 valence electrons. The fourth-order valence-corrected chi connectivity index (χ4v) is 2.15. The summed E-state index contributed by atoms with van der Waals surface area (Å²) >= 11 is 0. The van der Waals surface area contributed by atoms with Crippen LogP contribution in [0.5, 0.6) is 5.75 Å². The average molecular weight is 364 g/mol. The summed E-state index contributed by atoms with van der Waals surface area (Å²) in [5, 5.41) is 5.43. The molecule has 0 saturated carbocycles. The second kappa shape index (κ2) is 7.87. The second-order valence-corrected chi connectivity index (χ2v) is 5.78. The zero-order valence-electron chi connectivity index (χ0n) is 14.9. The first kappa shape index (κ1) is 19.3. The van der Waals surface area contributed by atoms with Gasteiger partial charge >= 0.3 is 11.9 Å². The normalized spacial score (nSPS) is 15.6. The minimum Gasteiger partial charge on any atom is -0.495 e. The standard InChI is InChI=1S/C17H20N2O7/c1-17(2)25-15(21)11(16(22)26-17)8-18-10-5-6-13(24-4)12(7-10)19-14(20)9-23-3/h5-8,18H,9H2,1-4H3,(H,19,20). The van der Waals surface area contributed by atoms with Crippen LogP contribution in [0.3, 0.4) is 0 Å². The molecule has 1 aromatic carbocycles. The van der Waals surface area contributed by atoms with Crippen LogP contribution in [0.4, 0.5) is 11.4 Å². The fourth-order valence-electron chi connectivity index (χ4n) is 2.15. The zero-order valence-corrected chi connectivity index (χ0v) is 14.9. The van der Waals surface area contributed by atoms with Crippen LogP contribution in [0.15, 0.2) is 30.0 Å². The number of hydrogen-bond donors (Lipinski definition) is 2. The van der Waals surface area contributed by atoms with E-state index in [0.717, 1.165) is 0 Å². The molecule has 1 heterocycles. The maximum atomic E-state index is 11.9. The van der Waals surface area contributed by atoms with Crippen molar-refractivity contribution in [3.63, 3.8) is 0 Å². The number of anilines is 2. The van der Waals surface area contributed by atoms with Crippen LogP contribution in [0.1, 0.15) is 13.8 Å². The van der Waals surface area contributed by atoms with E-state index in [-0.39, 0.29) is 18.1 Å². The van der Waals surface area contributed by atoms with Crippen LogP contribution in [-0.4, -0.2) is 44.5 Å². The van der Waals surface area contributed by atoms with Gasteiger partial charge in [0.1, 0.15) is 12.4 Å². The second-order valence-electron chi connectivity index (χ2n) is 5.78. The minimum absolute atomic E-state index is 0.113. The first-order chi connectivity index (χ1) is 12.3. The van der Waals surface area contributed by atoms with E-state index in [4.69, 9.17) is 18.9 Å². The van der Waals surface area contributed by atoms with Crippen molar-refractivity contribution in [1.29, 1.82) is 0 Å². The summed E-state index contributed by atoms with van der Waals surface area (Å²) in [6, 6.07) is 4.84. The maximum absolute atomic E-state index is 11.9. The zero-order chi connectivity index (χ0) is 19.3. The minimum atomic E-state index is -1.30. The summed E-state index contributed by atoms with van der Waals surface area (Å²) in [7, 11) is 2.87. The van der Waals surface area contributed by atoms with E-state index < -0.39 is 17.7 Å². The molecule has 1 fully saturated rings. The molecule has 1 aliphatic heterocycles. The van der Waals surface area contributed by atoms with Crippen LogP contribution in [-0.2, 0) is 28.6 Å². The van der Waals surface area contributed by atoms with Crippen molar-refractivity contribution in [2.24, 2.45) is 0 Å². The first-order valence-electron chi connectivity index (χ1n) is 7.66. The molecule has 2 rings (SSSR count). The third kappa shape index (κ3) is 4.73. The Bertz CT molecular complexity index is 733. The molecule has 2 N–H and O–H groups in total. The van der Waals surface area contributed by atoms with Crippen molar-refractivity contribution in [2.45, 2.75) is 19.6 Å². The Morgan fingerprint density at radius 1 is 1.19 bits per heavy atom. The summed E-state index contributed by atoms with van der Waals surface area (Å²) < 4.78 is 20.0. The topological polar surface area (TPSA) is 112 Å². The van der Waals surface area contributed by atoms with E-state index in [0.29, 0.717) is 17.1 Å². The van der Waals surface area contributed by atoms with Crippen molar-refractivity contribution in [2.75, 3.05) is 31.5 Å². The van der Waals surface area contributed by atoms with Crippen molar-refractivity contribution >= 4 is 29.2 Å². The Hall–Kier alpha value is -3.07. The Balaban J connectivity index is 2.18. The van der Waals surface area contributed by atoms with Gasteiger partial charge in [0, 0.05) is 32.8 Å². The summed E-state index contributed by atoms with van der Waals surface area (Å²) in [5.74, 6) is -2.81. The molecule has 0 spiro atoms. The molecular formula is C17H20N2O7. The molecule has 0 bridgehead atoms. The summed E-state index contributed by atoms with van der Waals surface area (Å²) in [4.78, 5) is 35.5. The average Bonchev–Trinajstić information content (AvgIpc) is 2.53. The lowest BCUT2D eigenvalue weighted by molar-refractivity contribution is -0.222. The van der Waals surface area contributed by atoms with Gasteiger partial charge in [0.05, 0.1) is 12.8 Å². The first-order valence-corrected chi connectivity index (χ1v) is 7.66. The molecule has 9 heteroatoms. The molecular weight excluding hydrogens is 344 g/mol.